The van der Waals surface area contributed by atoms with Crippen LogP contribution in [0.2, 0.25) is 0 Å². The maximum Gasteiger partial charge on any atom is 0.149 e. The molecule has 1 N–H and O–H groups in total. The van der Waals surface area contributed by atoms with Crippen LogP contribution in [0, 0.1) is 25.5 Å². The Bertz CT molecular complexity index is 613. The minimum atomic E-state index is -0.611. The zero-order valence-electron chi connectivity index (χ0n) is 10.7. The second-order valence-electron chi connectivity index (χ2n) is 4.29. The molecule has 0 radical (unpaired) electrons. The van der Waals surface area contributed by atoms with Gasteiger partial charge in [0.25, 0.3) is 0 Å². The number of nitrogens with one attached hydrogen (secondary N) is 1. The molecule has 0 aliphatic carbocycles. The van der Waals surface area contributed by atoms with E-state index in [-0.39, 0.29) is 16.2 Å². The van der Waals surface area contributed by atoms with Crippen LogP contribution in [0.3, 0.4) is 0 Å². The second kappa shape index (κ2) is 5.54. The Kier molecular flexibility index (Phi) is 4.20. The summed E-state index contributed by atoms with van der Waals surface area (Å²) in [4.78, 5) is 5.40. The molecule has 0 saturated carbocycles. The second-order valence-corrected chi connectivity index (χ2v) is 6.38. The van der Waals surface area contributed by atoms with Crippen LogP contribution >= 0.6 is 27.3 Å². The van der Waals surface area contributed by atoms with Gasteiger partial charge in [0.15, 0.2) is 0 Å². The fraction of sp³-hybridized carbons (Fsp3) is 0.308. The minimum Gasteiger partial charge on any atom is -0.375 e. The highest BCUT2D eigenvalue weighted by Gasteiger charge is 2.15. The van der Waals surface area contributed by atoms with Crippen molar-refractivity contribution in [3.63, 3.8) is 0 Å². The SMILES string of the molecule is Cc1nc(C)c(C(C)Nc2cc(Br)c(F)cc2F)s1. The number of benzene rings is 1. The summed E-state index contributed by atoms with van der Waals surface area (Å²) >= 11 is 4.63. The topological polar surface area (TPSA) is 24.9 Å². The zero-order chi connectivity index (χ0) is 14.2. The monoisotopic (exact) mass is 346 g/mol. The largest absolute Gasteiger partial charge is 0.375 e. The quantitative estimate of drug-likeness (QED) is 0.793. The molecule has 0 spiro atoms. The first-order valence-corrected chi connectivity index (χ1v) is 7.34. The van der Waals surface area contributed by atoms with Gasteiger partial charge in [0.2, 0.25) is 0 Å². The van der Waals surface area contributed by atoms with Crippen molar-refractivity contribution in [2.24, 2.45) is 0 Å². The lowest BCUT2D eigenvalue weighted by atomic mass is 10.2. The van der Waals surface area contributed by atoms with Crippen LogP contribution in [0.4, 0.5) is 14.5 Å². The van der Waals surface area contributed by atoms with Gasteiger partial charge >= 0.3 is 0 Å². The van der Waals surface area contributed by atoms with Crippen molar-refractivity contribution in [1.29, 1.82) is 0 Å². The van der Waals surface area contributed by atoms with Crippen molar-refractivity contribution in [2.45, 2.75) is 26.8 Å². The number of aryl methyl sites for hydroxylation is 2. The summed E-state index contributed by atoms with van der Waals surface area (Å²) in [6.07, 6.45) is 0. The summed E-state index contributed by atoms with van der Waals surface area (Å²) in [7, 11) is 0. The summed E-state index contributed by atoms with van der Waals surface area (Å²) in [6, 6.07) is 2.19. The van der Waals surface area contributed by atoms with Crippen LogP contribution in [0.15, 0.2) is 16.6 Å². The van der Waals surface area contributed by atoms with E-state index in [2.05, 4.69) is 26.2 Å². The van der Waals surface area contributed by atoms with Gasteiger partial charge in [0.1, 0.15) is 11.6 Å². The summed E-state index contributed by atoms with van der Waals surface area (Å²) in [5, 5.41) is 4.02. The number of thiazole rings is 1. The highest BCUT2D eigenvalue weighted by atomic mass is 79.9. The summed E-state index contributed by atoms with van der Waals surface area (Å²) in [6.45, 7) is 5.79. The highest BCUT2D eigenvalue weighted by Crippen LogP contribution is 2.30. The molecular formula is C13H13BrF2N2S. The van der Waals surface area contributed by atoms with E-state index in [4.69, 9.17) is 0 Å². The molecule has 2 aromatic rings. The summed E-state index contributed by atoms with van der Waals surface area (Å²) in [5.41, 5.74) is 1.20. The van der Waals surface area contributed by atoms with Gasteiger partial charge < -0.3 is 5.32 Å². The smallest absolute Gasteiger partial charge is 0.149 e. The van der Waals surface area contributed by atoms with Gasteiger partial charge in [-0.15, -0.1) is 11.3 Å². The van der Waals surface area contributed by atoms with Crippen molar-refractivity contribution in [2.75, 3.05) is 5.32 Å². The number of hydrogen-bond donors (Lipinski definition) is 1. The lowest BCUT2D eigenvalue weighted by Gasteiger charge is -2.15. The van der Waals surface area contributed by atoms with Gasteiger partial charge in [-0.2, -0.15) is 0 Å². The highest BCUT2D eigenvalue weighted by molar-refractivity contribution is 9.10. The Morgan fingerprint density at radius 1 is 1.26 bits per heavy atom. The van der Waals surface area contributed by atoms with Gasteiger partial charge in [-0.25, -0.2) is 13.8 Å². The molecule has 1 aromatic heterocycles. The van der Waals surface area contributed by atoms with Crippen LogP contribution in [0.25, 0.3) is 0 Å². The minimum absolute atomic E-state index is 0.0851. The van der Waals surface area contributed by atoms with Crippen LogP contribution < -0.4 is 5.32 Å². The standard InChI is InChI=1S/C13H13BrF2N2S/c1-6-13(19-8(3)17-6)7(2)18-12-4-9(14)10(15)5-11(12)16/h4-5,7,18H,1-3H3. The first-order valence-electron chi connectivity index (χ1n) is 5.73. The molecule has 1 aromatic carbocycles. The van der Waals surface area contributed by atoms with E-state index in [1.165, 1.54) is 6.07 Å². The van der Waals surface area contributed by atoms with Crippen LogP contribution in [-0.2, 0) is 0 Å². The van der Waals surface area contributed by atoms with Crippen LogP contribution in [0.1, 0.15) is 28.5 Å². The molecule has 0 saturated heterocycles. The third kappa shape index (κ3) is 3.12. The van der Waals surface area contributed by atoms with Gasteiger partial charge in [-0.3, -0.25) is 0 Å². The lowest BCUT2D eigenvalue weighted by molar-refractivity contribution is 0.579. The Morgan fingerprint density at radius 3 is 2.53 bits per heavy atom. The molecule has 1 unspecified atom stereocenters. The molecule has 2 rings (SSSR count). The summed E-state index contributed by atoms with van der Waals surface area (Å²) in [5.74, 6) is -1.22. The number of halogens is 3. The molecule has 0 aliphatic heterocycles. The maximum absolute atomic E-state index is 13.7. The molecule has 0 aliphatic rings. The molecule has 19 heavy (non-hydrogen) atoms. The fourth-order valence-electron chi connectivity index (χ4n) is 1.88. The average Bonchev–Trinajstić information content (AvgIpc) is 2.65. The van der Waals surface area contributed by atoms with E-state index in [9.17, 15) is 8.78 Å². The Balaban J connectivity index is 2.26. The average molecular weight is 347 g/mol. The third-order valence-electron chi connectivity index (χ3n) is 2.71. The number of nitrogens with zero attached hydrogens (tertiary/aromatic N) is 1. The van der Waals surface area contributed by atoms with Crippen molar-refractivity contribution >= 4 is 33.0 Å². The third-order valence-corrected chi connectivity index (χ3v) is 4.58. The van der Waals surface area contributed by atoms with Crippen molar-refractivity contribution in [3.05, 3.63) is 43.8 Å². The first-order chi connectivity index (χ1) is 8.88. The fourth-order valence-corrected chi connectivity index (χ4v) is 3.15. The number of hydrogen-bond acceptors (Lipinski definition) is 3. The van der Waals surface area contributed by atoms with Crippen molar-refractivity contribution in [3.8, 4) is 0 Å². The van der Waals surface area contributed by atoms with E-state index in [1.807, 2.05) is 20.8 Å². The van der Waals surface area contributed by atoms with E-state index >= 15 is 0 Å². The molecule has 1 atom stereocenters. The molecular weight excluding hydrogens is 334 g/mol. The van der Waals surface area contributed by atoms with Gasteiger partial charge in [-0.1, -0.05) is 0 Å². The molecule has 102 valence electrons. The zero-order valence-corrected chi connectivity index (χ0v) is 13.1. The Morgan fingerprint density at radius 2 is 1.95 bits per heavy atom. The lowest BCUT2D eigenvalue weighted by Crippen LogP contribution is -2.08. The molecule has 0 amide bonds. The Labute approximate surface area is 123 Å². The van der Waals surface area contributed by atoms with Crippen molar-refractivity contribution in [1.82, 2.24) is 4.98 Å². The van der Waals surface area contributed by atoms with Crippen molar-refractivity contribution < 1.29 is 8.78 Å². The molecule has 2 nitrogen and oxygen atoms in total. The van der Waals surface area contributed by atoms with E-state index in [1.54, 1.807) is 11.3 Å². The predicted molar refractivity (Wildman–Crippen MR) is 77.7 cm³/mol. The Hall–Kier alpha value is -1.01. The van der Waals surface area contributed by atoms with Crippen LogP contribution in [-0.4, -0.2) is 4.98 Å². The van der Waals surface area contributed by atoms with Gasteiger partial charge in [-0.05, 0) is 42.8 Å². The molecule has 0 fully saturated rings. The van der Waals surface area contributed by atoms with Gasteiger partial charge in [0.05, 0.1) is 26.9 Å². The molecule has 1 heterocycles. The number of rotatable bonds is 3. The molecule has 6 heteroatoms. The van der Waals surface area contributed by atoms with Crippen LogP contribution in [0.5, 0.6) is 0 Å². The van der Waals surface area contributed by atoms with E-state index in [0.717, 1.165) is 21.6 Å². The van der Waals surface area contributed by atoms with Gasteiger partial charge in [0, 0.05) is 10.9 Å². The maximum atomic E-state index is 13.7. The number of anilines is 1. The van der Waals surface area contributed by atoms with E-state index < -0.39 is 11.6 Å². The normalized spacial score (nSPS) is 12.5. The predicted octanol–water partition coefficient (Wildman–Crippen LogP) is 4.97. The summed E-state index contributed by atoms with van der Waals surface area (Å²) < 4.78 is 27.1. The number of aromatic nitrogens is 1. The van der Waals surface area contributed by atoms with E-state index in [0.29, 0.717) is 0 Å². The first kappa shape index (κ1) is 14.4. The molecule has 0 bridgehead atoms.